The van der Waals surface area contributed by atoms with Crippen LogP contribution in [0, 0.1) is 6.92 Å². The van der Waals surface area contributed by atoms with Gasteiger partial charge in [-0.2, -0.15) is 0 Å². The quantitative estimate of drug-likeness (QED) is 0.806. The predicted molar refractivity (Wildman–Crippen MR) is 74.4 cm³/mol. The highest BCUT2D eigenvalue weighted by atomic mass is 32.2. The first-order valence-electron chi connectivity index (χ1n) is 5.83. The first-order valence-corrected chi connectivity index (χ1v) is 7.56. The van der Waals surface area contributed by atoms with E-state index in [1.54, 1.807) is 12.5 Å². The van der Waals surface area contributed by atoms with Crippen molar-refractivity contribution in [3.63, 3.8) is 0 Å². The number of nitrogens with one attached hydrogen (secondary N) is 2. The van der Waals surface area contributed by atoms with Crippen LogP contribution in [0.4, 0.5) is 5.69 Å². The van der Waals surface area contributed by atoms with E-state index < -0.39 is 10.8 Å². The molecule has 1 amide bonds. The lowest BCUT2D eigenvalue weighted by atomic mass is 10.2. The van der Waals surface area contributed by atoms with Gasteiger partial charge < -0.3 is 10.6 Å². The molecule has 0 radical (unpaired) electrons. The molecule has 0 bridgehead atoms. The number of anilines is 1. The highest BCUT2D eigenvalue weighted by Gasteiger charge is 2.11. The van der Waals surface area contributed by atoms with E-state index in [2.05, 4.69) is 15.6 Å². The van der Waals surface area contributed by atoms with Crippen molar-refractivity contribution in [2.24, 2.45) is 0 Å². The summed E-state index contributed by atoms with van der Waals surface area (Å²) < 4.78 is 10.9. The maximum atomic E-state index is 11.9. The molecule has 1 atom stereocenters. The number of amides is 1. The second-order valence-electron chi connectivity index (χ2n) is 3.93. The van der Waals surface area contributed by atoms with Gasteiger partial charge >= 0.3 is 0 Å². The molecule has 1 aromatic rings. The van der Waals surface area contributed by atoms with Crippen LogP contribution in [0.15, 0.2) is 12.3 Å². The minimum Gasteiger partial charge on any atom is -0.385 e. The average molecular weight is 269 g/mol. The molecule has 5 nitrogen and oxygen atoms in total. The smallest absolute Gasteiger partial charge is 0.254 e. The molecule has 1 rings (SSSR count). The summed E-state index contributed by atoms with van der Waals surface area (Å²) in [6, 6.07) is 1.84. The largest absolute Gasteiger partial charge is 0.385 e. The van der Waals surface area contributed by atoms with Crippen molar-refractivity contribution in [3.8, 4) is 0 Å². The molecule has 0 aliphatic heterocycles. The molecule has 1 unspecified atom stereocenters. The van der Waals surface area contributed by atoms with Crippen LogP contribution >= 0.6 is 0 Å². The Bertz CT molecular complexity index is 449. The second kappa shape index (κ2) is 7.10. The fourth-order valence-electron chi connectivity index (χ4n) is 1.48. The number of nitrogens with zero attached hydrogens (tertiary/aromatic N) is 1. The van der Waals surface area contributed by atoms with Gasteiger partial charge in [-0.15, -0.1) is 0 Å². The monoisotopic (exact) mass is 269 g/mol. The summed E-state index contributed by atoms with van der Waals surface area (Å²) in [5, 5.41) is 5.87. The zero-order valence-corrected chi connectivity index (χ0v) is 11.8. The van der Waals surface area contributed by atoms with E-state index in [9.17, 15) is 9.00 Å². The maximum absolute atomic E-state index is 11.9. The van der Waals surface area contributed by atoms with Gasteiger partial charge in [-0.05, 0) is 19.9 Å². The number of hydrogen-bond donors (Lipinski definition) is 2. The van der Waals surface area contributed by atoms with E-state index >= 15 is 0 Å². The van der Waals surface area contributed by atoms with E-state index in [4.69, 9.17) is 0 Å². The summed E-state index contributed by atoms with van der Waals surface area (Å²) in [5.41, 5.74) is 2.15. The molecule has 1 aromatic heterocycles. The Labute approximate surface area is 110 Å². The Balaban J connectivity index is 2.74. The highest BCUT2D eigenvalue weighted by molar-refractivity contribution is 7.84. The molecular weight excluding hydrogens is 250 g/mol. The zero-order valence-electron chi connectivity index (χ0n) is 10.9. The van der Waals surface area contributed by atoms with Crippen molar-refractivity contribution in [3.05, 3.63) is 23.5 Å². The van der Waals surface area contributed by atoms with Gasteiger partial charge in [-0.25, -0.2) is 0 Å². The van der Waals surface area contributed by atoms with Crippen molar-refractivity contribution < 1.29 is 9.00 Å². The number of carbonyl (C=O) groups is 1. The standard InChI is InChI=1S/C12H19N3O2S/c1-4-13-11-7-9(2)15-8-10(11)12(16)14-5-6-18(3)17/h7-8H,4-6H2,1-3H3,(H,13,15)(H,14,16). The predicted octanol–water partition coefficient (Wildman–Crippen LogP) is 0.930. The minimum absolute atomic E-state index is 0.191. The average Bonchev–Trinajstić information content (AvgIpc) is 2.29. The fourth-order valence-corrected chi connectivity index (χ4v) is 1.87. The second-order valence-corrected chi connectivity index (χ2v) is 5.49. The SMILES string of the molecule is CCNc1cc(C)ncc1C(=O)NCCS(C)=O. The molecule has 0 aromatic carbocycles. The van der Waals surface area contributed by atoms with Gasteiger partial charge in [0.15, 0.2) is 0 Å². The number of carbonyl (C=O) groups excluding carboxylic acids is 1. The Kier molecular flexibility index (Phi) is 5.77. The van der Waals surface area contributed by atoms with Crippen molar-refractivity contribution in [1.82, 2.24) is 10.3 Å². The van der Waals surface area contributed by atoms with Crippen LogP contribution in [0.3, 0.4) is 0 Å². The lowest BCUT2D eigenvalue weighted by molar-refractivity contribution is 0.0956. The van der Waals surface area contributed by atoms with Gasteiger partial charge in [0, 0.05) is 47.8 Å². The van der Waals surface area contributed by atoms with Crippen molar-refractivity contribution in [2.75, 3.05) is 30.4 Å². The highest BCUT2D eigenvalue weighted by Crippen LogP contribution is 2.15. The molecule has 0 spiro atoms. The molecule has 18 heavy (non-hydrogen) atoms. The summed E-state index contributed by atoms with van der Waals surface area (Å²) in [5.74, 6) is 0.269. The zero-order chi connectivity index (χ0) is 13.5. The molecule has 0 saturated carbocycles. The molecule has 0 fully saturated rings. The van der Waals surface area contributed by atoms with Gasteiger partial charge in [0.05, 0.1) is 11.3 Å². The Morgan fingerprint density at radius 3 is 2.83 bits per heavy atom. The van der Waals surface area contributed by atoms with Gasteiger partial charge in [-0.3, -0.25) is 14.0 Å². The summed E-state index contributed by atoms with van der Waals surface area (Å²) >= 11 is 0. The summed E-state index contributed by atoms with van der Waals surface area (Å²) in [4.78, 5) is 16.1. The van der Waals surface area contributed by atoms with Crippen LogP contribution in [0.5, 0.6) is 0 Å². The Hall–Kier alpha value is -1.43. The number of aryl methyl sites for hydroxylation is 1. The van der Waals surface area contributed by atoms with E-state index in [0.717, 1.165) is 17.9 Å². The van der Waals surface area contributed by atoms with Crippen molar-refractivity contribution >= 4 is 22.4 Å². The third-order valence-corrected chi connectivity index (χ3v) is 3.11. The Morgan fingerprint density at radius 2 is 2.22 bits per heavy atom. The molecule has 1 heterocycles. The van der Waals surface area contributed by atoms with E-state index in [1.807, 2.05) is 19.9 Å². The van der Waals surface area contributed by atoms with Gasteiger partial charge in [0.25, 0.3) is 5.91 Å². The molecule has 0 saturated heterocycles. The number of hydrogen-bond acceptors (Lipinski definition) is 4. The lowest BCUT2D eigenvalue weighted by Gasteiger charge is -2.11. The number of pyridine rings is 1. The molecule has 100 valence electrons. The summed E-state index contributed by atoms with van der Waals surface area (Å²) in [6.07, 6.45) is 3.18. The maximum Gasteiger partial charge on any atom is 0.254 e. The Morgan fingerprint density at radius 1 is 1.50 bits per heavy atom. The van der Waals surface area contributed by atoms with E-state index in [-0.39, 0.29) is 5.91 Å². The van der Waals surface area contributed by atoms with Gasteiger partial charge in [0.2, 0.25) is 0 Å². The summed E-state index contributed by atoms with van der Waals surface area (Å²) in [7, 11) is -0.897. The van der Waals surface area contributed by atoms with Crippen LogP contribution < -0.4 is 10.6 Å². The topological polar surface area (TPSA) is 71.1 Å². The molecule has 6 heteroatoms. The van der Waals surface area contributed by atoms with Crippen LogP contribution in [0.25, 0.3) is 0 Å². The van der Waals surface area contributed by atoms with Crippen LogP contribution in [0.1, 0.15) is 23.0 Å². The third-order valence-electron chi connectivity index (χ3n) is 2.33. The number of aromatic nitrogens is 1. The first-order chi connectivity index (χ1) is 8.54. The third kappa shape index (κ3) is 4.44. The molecule has 0 aliphatic carbocycles. The van der Waals surface area contributed by atoms with Gasteiger partial charge in [0.1, 0.15) is 0 Å². The summed E-state index contributed by atoms with van der Waals surface area (Å²) in [6.45, 7) is 4.99. The molecule has 0 aliphatic rings. The molecular formula is C12H19N3O2S. The van der Waals surface area contributed by atoms with Crippen molar-refractivity contribution in [2.45, 2.75) is 13.8 Å². The molecule has 2 N–H and O–H groups in total. The lowest BCUT2D eigenvalue weighted by Crippen LogP contribution is -2.28. The fraction of sp³-hybridized carbons (Fsp3) is 0.500. The van der Waals surface area contributed by atoms with E-state index in [0.29, 0.717) is 17.9 Å². The van der Waals surface area contributed by atoms with Crippen LogP contribution in [-0.4, -0.2) is 40.2 Å². The van der Waals surface area contributed by atoms with Gasteiger partial charge in [-0.1, -0.05) is 0 Å². The van der Waals surface area contributed by atoms with Crippen molar-refractivity contribution in [1.29, 1.82) is 0 Å². The van der Waals surface area contributed by atoms with E-state index in [1.165, 1.54) is 0 Å². The van der Waals surface area contributed by atoms with Crippen LogP contribution in [-0.2, 0) is 10.8 Å². The first kappa shape index (κ1) is 14.6. The van der Waals surface area contributed by atoms with Crippen LogP contribution in [0.2, 0.25) is 0 Å². The number of rotatable bonds is 6. The normalized spacial score (nSPS) is 11.9. The minimum atomic E-state index is -0.897.